The number of aromatic nitrogens is 1. The van der Waals surface area contributed by atoms with Crippen LogP contribution in [0.2, 0.25) is 0 Å². The van der Waals surface area contributed by atoms with Crippen molar-refractivity contribution in [3.63, 3.8) is 0 Å². The van der Waals surface area contributed by atoms with Gasteiger partial charge in [0.15, 0.2) is 0 Å². The average molecular weight is 230 g/mol. The Hall–Kier alpha value is -2.23. The van der Waals surface area contributed by atoms with E-state index in [2.05, 4.69) is 10.3 Å². The quantitative estimate of drug-likeness (QED) is 0.851. The molecular weight excluding hydrogens is 216 g/mol. The van der Waals surface area contributed by atoms with Gasteiger partial charge in [-0.25, -0.2) is 0 Å². The van der Waals surface area contributed by atoms with Crippen molar-refractivity contribution in [2.75, 3.05) is 12.4 Å². The van der Waals surface area contributed by atoms with E-state index in [1.54, 1.807) is 7.11 Å². The van der Waals surface area contributed by atoms with Gasteiger partial charge in [0.25, 0.3) is 0 Å². The Labute approximate surface area is 99.3 Å². The monoisotopic (exact) mass is 230 g/mol. The van der Waals surface area contributed by atoms with Gasteiger partial charge in [0.1, 0.15) is 5.75 Å². The molecule has 0 spiro atoms. The maximum atomic E-state index is 11.3. The Balaban J connectivity index is 2.27. The Morgan fingerprint density at radius 2 is 2.00 bits per heavy atom. The predicted octanol–water partition coefficient (Wildman–Crippen LogP) is 2.44. The van der Waals surface area contributed by atoms with Gasteiger partial charge in [0, 0.05) is 29.2 Å². The minimum Gasteiger partial charge on any atom is -0.497 e. The molecule has 1 aromatic heterocycles. The molecule has 88 valence electrons. The van der Waals surface area contributed by atoms with E-state index < -0.39 is 0 Å². The lowest BCUT2D eigenvalue weighted by Gasteiger charge is -2.08. The molecule has 0 radical (unpaired) electrons. The Morgan fingerprint density at radius 1 is 1.18 bits per heavy atom. The molecule has 2 aromatic rings. The topological polar surface area (TPSA) is 54.1 Å². The first-order valence-corrected chi connectivity index (χ1v) is 5.29. The van der Waals surface area contributed by atoms with Gasteiger partial charge >= 0.3 is 0 Å². The first-order chi connectivity index (χ1) is 8.17. The zero-order valence-corrected chi connectivity index (χ0v) is 9.78. The van der Waals surface area contributed by atoms with Gasteiger partial charge in [-0.15, -0.1) is 0 Å². The molecule has 1 aromatic carbocycles. The van der Waals surface area contributed by atoms with E-state index in [1.807, 2.05) is 37.3 Å². The van der Waals surface area contributed by atoms with Crippen LogP contribution in [-0.4, -0.2) is 12.1 Å². The second-order valence-electron chi connectivity index (χ2n) is 3.77. The minimum atomic E-state index is -0.115. The van der Waals surface area contributed by atoms with Crippen LogP contribution in [0, 0.1) is 6.92 Å². The van der Waals surface area contributed by atoms with E-state index in [0.29, 0.717) is 0 Å². The summed E-state index contributed by atoms with van der Waals surface area (Å²) in [5.74, 6) is 0.775. The molecule has 0 aliphatic heterocycles. The summed E-state index contributed by atoms with van der Waals surface area (Å²) in [7, 11) is 1.62. The Bertz CT molecular complexity index is 576. The third kappa shape index (κ3) is 2.87. The molecule has 0 aliphatic carbocycles. The number of ether oxygens (including phenoxy) is 1. The number of hydrogen-bond donors (Lipinski definition) is 2. The van der Waals surface area contributed by atoms with E-state index in [9.17, 15) is 4.79 Å². The molecule has 4 heteroatoms. The van der Waals surface area contributed by atoms with Gasteiger partial charge in [-0.05, 0) is 25.1 Å². The molecule has 0 saturated carbocycles. The van der Waals surface area contributed by atoms with E-state index >= 15 is 0 Å². The fraction of sp³-hybridized carbons (Fsp3) is 0.154. The molecule has 0 bridgehead atoms. The van der Waals surface area contributed by atoms with Crippen LogP contribution in [0.15, 0.2) is 41.2 Å². The summed E-state index contributed by atoms with van der Waals surface area (Å²) in [5.41, 5.74) is 2.35. The van der Waals surface area contributed by atoms with Crippen LogP contribution in [-0.2, 0) is 0 Å². The molecule has 2 N–H and O–H groups in total. The van der Waals surface area contributed by atoms with Gasteiger partial charge in [0.2, 0.25) is 5.56 Å². The molecule has 2 rings (SSSR count). The first-order valence-electron chi connectivity index (χ1n) is 5.29. The molecule has 0 atom stereocenters. The number of pyridine rings is 1. The van der Waals surface area contributed by atoms with Crippen molar-refractivity contribution in [2.45, 2.75) is 6.92 Å². The third-order valence-electron chi connectivity index (χ3n) is 2.34. The fourth-order valence-corrected chi connectivity index (χ4v) is 1.62. The summed E-state index contributed by atoms with van der Waals surface area (Å²) in [6.45, 7) is 1.85. The highest BCUT2D eigenvalue weighted by molar-refractivity contribution is 5.61. The van der Waals surface area contributed by atoms with Crippen LogP contribution >= 0.6 is 0 Å². The summed E-state index contributed by atoms with van der Waals surface area (Å²) in [6, 6.07) is 10.9. The molecule has 0 amide bonds. The highest BCUT2D eigenvalue weighted by Crippen LogP contribution is 2.20. The molecule has 1 heterocycles. The van der Waals surface area contributed by atoms with E-state index in [1.165, 1.54) is 6.07 Å². The number of nitrogens with one attached hydrogen (secondary N) is 2. The number of anilines is 2. The maximum absolute atomic E-state index is 11.3. The Morgan fingerprint density at radius 3 is 2.71 bits per heavy atom. The fourth-order valence-electron chi connectivity index (χ4n) is 1.62. The molecule has 4 nitrogen and oxygen atoms in total. The summed E-state index contributed by atoms with van der Waals surface area (Å²) < 4.78 is 5.13. The van der Waals surface area contributed by atoms with Crippen molar-refractivity contribution in [1.29, 1.82) is 0 Å². The minimum absolute atomic E-state index is 0.115. The summed E-state index contributed by atoms with van der Waals surface area (Å²) in [4.78, 5) is 14.0. The van der Waals surface area contributed by atoms with Gasteiger partial charge in [-0.3, -0.25) is 4.79 Å². The first kappa shape index (κ1) is 11.3. The lowest BCUT2D eigenvalue weighted by Crippen LogP contribution is -2.06. The third-order valence-corrected chi connectivity index (χ3v) is 2.34. The van der Waals surface area contributed by atoms with Crippen LogP contribution in [0.1, 0.15) is 5.69 Å². The summed E-state index contributed by atoms with van der Waals surface area (Å²) >= 11 is 0. The number of aromatic amines is 1. The van der Waals surface area contributed by atoms with Crippen LogP contribution in [0.5, 0.6) is 5.75 Å². The molecule has 0 fully saturated rings. The average Bonchev–Trinajstić information content (AvgIpc) is 2.28. The highest BCUT2D eigenvalue weighted by atomic mass is 16.5. The van der Waals surface area contributed by atoms with Crippen molar-refractivity contribution in [2.24, 2.45) is 0 Å². The van der Waals surface area contributed by atoms with Crippen molar-refractivity contribution in [1.82, 2.24) is 4.98 Å². The lowest BCUT2D eigenvalue weighted by atomic mass is 10.2. The molecule has 0 unspecified atom stereocenters. The van der Waals surface area contributed by atoms with Gasteiger partial charge in [0.05, 0.1) is 7.11 Å². The predicted molar refractivity (Wildman–Crippen MR) is 68.1 cm³/mol. The maximum Gasteiger partial charge on any atom is 0.250 e. The van der Waals surface area contributed by atoms with Crippen molar-refractivity contribution < 1.29 is 4.74 Å². The van der Waals surface area contributed by atoms with E-state index in [0.717, 1.165) is 22.8 Å². The lowest BCUT2D eigenvalue weighted by molar-refractivity contribution is 0.415. The van der Waals surface area contributed by atoms with Crippen molar-refractivity contribution in [3.8, 4) is 5.75 Å². The number of rotatable bonds is 3. The molecule has 17 heavy (non-hydrogen) atoms. The molecular formula is C13H14N2O2. The van der Waals surface area contributed by atoms with Crippen molar-refractivity contribution in [3.05, 3.63) is 52.4 Å². The SMILES string of the molecule is COc1cccc(Nc2cc(C)[nH]c(=O)c2)c1. The normalized spacial score (nSPS) is 10.0. The summed E-state index contributed by atoms with van der Waals surface area (Å²) in [5, 5.41) is 3.16. The summed E-state index contributed by atoms with van der Waals surface area (Å²) in [6.07, 6.45) is 0. The standard InChI is InChI=1S/C13H14N2O2/c1-9-6-11(8-13(16)14-9)15-10-4-3-5-12(7-10)17-2/h3-8H,1-2H3,(H2,14,15,16). The highest BCUT2D eigenvalue weighted by Gasteiger charge is 1.98. The second-order valence-corrected chi connectivity index (χ2v) is 3.77. The number of benzene rings is 1. The van der Waals surface area contributed by atoms with Gasteiger partial charge < -0.3 is 15.0 Å². The smallest absolute Gasteiger partial charge is 0.250 e. The van der Waals surface area contributed by atoms with Crippen LogP contribution in [0.3, 0.4) is 0 Å². The van der Waals surface area contributed by atoms with Crippen LogP contribution in [0.25, 0.3) is 0 Å². The van der Waals surface area contributed by atoms with Crippen LogP contribution in [0.4, 0.5) is 11.4 Å². The second kappa shape index (κ2) is 4.74. The number of aryl methyl sites for hydroxylation is 1. The zero-order chi connectivity index (χ0) is 12.3. The van der Waals surface area contributed by atoms with Crippen molar-refractivity contribution >= 4 is 11.4 Å². The number of methoxy groups -OCH3 is 1. The van der Waals surface area contributed by atoms with Gasteiger partial charge in [-0.1, -0.05) is 6.07 Å². The molecule has 0 aliphatic rings. The Kier molecular flexibility index (Phi) is 3.14. The van der Waals surface area contributed by atoms with E-state index in [-0.39, 0.29) is 5.56 Å². The van der Waals surface area contributed by atoms with E-state index in [4.69, 9.17) is 4.74 Å². The van der Waals surface area contributed by atoms with Crippen LogP contribution < -0.4 is 15.6 Å². The van der Waals surface area contributed by atoms with Gasteiger partial charge in [-0.2, -0.15) is 0 Å². The number of H-pyrrole nitrogens is 1. The molecule has 0 saturated heterocycles. The number of hydrogen-bond acceptors (Lipinski definition) is 3. The largest absolute Gasteiger partial charge is 0.497 e. The zero-order valence-electron chi connectivity index (χ0n) is 9.78.